The summed E-state index contributed by atoms with van der Waals surface area (Å²) in [4.78, 5) is 29.8. The first-order chi connectivity index (χ1) is 9.97. The number of carboxylic acids is 1. The summed E-state index contributed by atoms with van der Waals surface area (Å²) in [7, 11) is 0. The second kappa shape index (κ2) is 6.27. The molecule has 1 aromatic heterocycles. The first-order valence-electron chi connectivity index (χ1n) is 5.97. The summed E-state index contributed by atoms with van der Waals surface area (Å²) in [6.45, 7) is 0. The van der Waals surface area contributed by atoms with Gasteiger partial charge in [0.2, 0.25) is 0 Å². The largest absolute Gasteiger partial charge is 0.507 e. The number of rotatable bonds is 5. The summed E-state index contributed by atoms with van der Waals surface area (Å²) in [5.41, 5.74) is 0.483. The van der Waals surface area contributed by atoms with Gasteiger partial charge in [-0.15, -0.1) is 0 Å². The zero-order valence-corrected chi connectivity index (χ0v) is 11.5. The van der Waals surface area contributed by atoms with Crippen LogP contribution < -0.4 is 5.32 Å². The molecule has 8 heteroatoms. The van der Waals surface area contributed by atoms with Crippen LogP contribution in [0.2, 0.25) is 5.02 Å². The van der Waals surface area contributed by atoms with Gasteiger partial charge in [-0.1, -0.05) is 11.6 Å². The SMILES string of the molecule is O=C(N[C@@H](Cc1cnc[nH]1)C(=O)O)c1cc(Cl)ccc1O. The molecule has 110 valence electrons. The van der Waals surface area contributed by atoms with E-state index in [1.54, 1.807) is 0 Å². The molecule has 0 aliphatic rings. The quantitative estimate of drug-likeness (QED) is 0.662. The van der Waals surface area contributed by atoms with E-state index in [2.05, 4.69) is 15.3 Å². The fourth-order valence-electron chi connectivity index (χ4n) is 1.74. The van der Waals surface area contributed by atoms with Gasteiger partial charge in [0, 0.05) is 23.3 Å². The van der Waals surface area contributed by atoms with Crippen LogP contribution in [0.3, 0.4) is 0 Å². The van der Waals surface area contributed by atoms with Crippen LogP contribution in [-0.2, 0) is 11.2 Å². The van der Waals surface area contributed by atoms with Crippen molar-refractivity contribution < 1.29 is 19.8 Å². The highest BCUT2D eigenvalue weighted by Gasteiger charge is 2.23. The average molecular weight is 310 g/mol. The zero-order valence-electron chi connectivity index (χ0n) is 10.7. The molecule has 0 saturated heterocycles. The highest BCUT2D eigenvalue weighted by molar-refractivity contribution is 6.31. The average Bonchev–Trinajstić information content (AvgIpc) is 2.93. The maximum Gasteiger partial charge on any atom is 0.326 e. The highest BCUT2D eigenvalue weighted by Crippen LogP contribution is 2.21. The van der Waals surface area contributed by atoms with Crippen LogP contribution in [0.25, 0.3) is 0 Å². The van der Waals surface area contributed by atoms with E-state index in [9.17, 15) is 14.7 Å². The third kappa shape index (κ3) is 3.73. The Balaban J connectivity index is 2.14. The number of phenolic OH excluding ortho intramolecular Hbond substituents is 1. The van der Waals surface area contributed by atoms with E-state index in [1.807, 2.05) is 0 Å². The number of aromatic hydroxyl groups is 1. The summed E-state index contributed by atoms with van der Waals surface area (Å²) in [5.74, 6) is -2.19. The molecule has 7 nitrogen and oxygen atoms in total. The second-order valence-corrected chi connectivity index (χ2v) is 4.74. The molecule has 0 bridgehead atoms. The van der Waals surface area contributed by atoms with Crippen LogP contribution in [0.15, 0.2) is 30.7 Å². The zero-order chi connectivity index (χ0) is 15.4. The van der Waals surface area contributed by atoms with Crippen molar-refractivity contribution in [1.29, 1.82) is 0 Å². The number of amides is 1. The molecular formula is C13H12ClN3O4. The molecular weight excluding hydrogens is 298 g/mol. The van der Waals surface area contributed by atoms with E-state index in [1.165, 1.54) is 30.7 Å². The topological polar surface area (TPSA) is 115 Å². The van der Waals surface area contributed by atoms with Gasteiger partial charge < -0.3 is 20.5 Å². The molecule has 0 spiro atoms. The monoisotopic (exact) mass is 309 g/mol. The number of aromatic nitrogens is 2. The van der Waals surface area contributed by atoms with Crippen molar-refractivity contribution in [3.63, 3.8) is 0 Å². The number of hydrogen-bond donors (Lipinski definition) is 4. The van der Waals surface area contributed by atoms with E-state index in [0.29, 0.717) is 5.69 Å². The van der Waals surface area contributed by atoms with Gasteiger partial charge in [-0.25, -0.2) is 9.78 Å². The van der Waals surface area contributed by atoms with Crippen molar-refractivity contribution in [2.75, 3.05) is 0 Å². The minimum atomic E-state index is -1.19. The number of H-pyrrole nitrogens is 1. The molecule has 0 fully saturated rings. The lowest BCUT2D eigenvalue weighted by molar-refractivity contribution is -0.139. The molecule has 0 radical (unpaired) electrons. The number of carbonyl (C=O) groups is 2. The number of carbonyl (C=O) groups excluding carboxylic acids is 1. The van der Waals surface area contributed by atoms with Crippen molar-refractivity contribution in [3.8, 4) is 5.75 Å². The van der Waals surface area contributed by atoms with Gasteiger partial charge in [-0.05, 0) is 18.2 Å². The Labute approximate surface area is 124 Å². The van der Waals surface area contributed by atoms with Crippen molar-refractivity contribution >= 4 is 23.5 Å². The minimum absolute atomic E-state index is 0.0440. The van der Waals surface area contributed by atoms with Gasteiger partial charge in [-0.2, -0.15) is 0 Å². The molecule has 1 aromatic carbocycles. The minimum Gasteiger partial charge on any atom is -0.507 e. The first-order valence-corrected chi connectivity index (χ1v) is 6.34. The van der Waals surface area contributed by atoms with Crippen LogP contribution in [0.4, 0.5) is 0 Å². The van der Waals surface area contributed by atoms with Crippen LogP contribution >= 0.6 is 11.6 Å². The predicted molar refractivity (Wildman–Crippen MR) is 74.3 cm³/mol. The molecule has 2 aromatic rings. The number of hydrogen-bond acceptors (Lipinski definition) is 4. The number of nitrogens with zero attached hydrogens (tertiary/aromatic N) is 1. The van der Waals surface area contributed by atoms with Crippen LogP contribution in [0.5, 0.6) is 5.75 Å². The normalized spacial score (nSPS) is 11.9. The lowest BCUT2D eigenvalue weighted by Gasteiger charge is -2.14. The van der Waals surface area contributed by atoms with Gasteiger partial charge in [0.1, 0.15) is 11.8 Å². The highest BCUT2D eigenvalue weighted by atomic mass is 35.5. The molecule has 1 atom stereocenters. The third-order valence-corrected chi connectivity index (χ3v) is 3.02. The molecule has 2 rings (SSSR count). The van der Waals surface area contributed by atoms with Crippen molar-refractivity contribution in [3.05, 3.63) is 47.0 Å². The summed E-state index contributed by atoms with van der Waals surface area (Å²) >= 11 is 5.75. The molecule has 0 aliphatic carbocycles. The molecule has 21 heavy (non-hydrogen) atoms. The van der Waals surface area contributed by atoms with Crippen LogP contribution in [0, 0.1) is 0 Å². The molecule has 1 heterocycles. The van der Waals surface area contributed by atoms with E-state index >= 15 is 0 Å². The number of benzene rings is 1. The summed E-state index contributed by atoms with van der Waals surface area (Å²) < 4.78 is 0. The summed E-state index contributed by atoms with van der Waals surface area (Å²) in [5, 5.41) is 21.4. The lowest BCUT2D eigenvalue weighted by Crippen LogP contribution is -2.42. The molecule has 0 aliphatic heterocycles. The van der Waals surface area contributed by atoms with Crippen molar-refractivity contribution in [2.45, 2.75) is 12.5 Å². The Hall–Kier alpha value is -2.54. The Bertz CT molecular complexity index is 657. The molecule has 0 saturated carbocycles. The Morgan fingerprint density at radius 3 is 2.81 bits per heavy atom. The standard InChI is InChI=1S/C13H12ClN3O4/c14-7-1-2-11(18)9(3-7)12(19)17-10(13(20)21)4-8-5-15-6-16-8/h1-3,5-6,10,18H,4H2,(H,15,16)(H,17,19)(H,20,21)/t10-/m0/s1. The van der Waals surface area contributed by atoms with Crippen molar-refractivity contribution in [2.24, 2.45) is 0 Å². The number of phenols is 1. The molecule has 0 unspecified atom stereocenters. The van der Waals surface area contributed by atoms with Crippen LogP contribution in [-0.4, -0.2) is 38.1 Å². The van der Waals surface area contributed by atoms with Gasteiger partial charge >= 0.3 is 5.97 Å². The maximum absolute atomic E-state index is 12.0. The maximum atomic E-state index is 12.0. The molecule has 1 amide bonds. The van der Waals surface area contributed by atoms with Gasteiger partial charge in [-0.3, -0.25) is 4.79 Å². The number of halogens is 1. The van der Waals surface area contributed by atoms with Gasteiger partial charge in [0.25, 0.3) is 5.91 Å². The number of aliphatic carboxylic acids is 1. The number of nitrogens with one attached hydrogen (secondary N) is 2. The van der Waals surface area contributed by atoms with Crippen molar-refractivity contribution in [1.82, 2.24) is 15.3 Å². The Kier molecular flexibility index (Phi) is 4.44. The Morgan fingerprint density at radius 2 is 2.19 bits per heavy atom. The van der Waals surface area contributed by atoms with E-state index in [0.717, 1.165) is 0 Å². The summed E-state index contributed by atoms with van der Waals surface area (Å²) in [6, 6.07) is 2.80. The third-order valence-electron chi connectivity index (χ3n) is 2.79. The predicted octanol–water partition coefficient (Wildman–Crippen LogP) is 1.19. The van der Waals surface area contributed by atoms with E-state index in [4.69, 9.17) is 16.7 Å². The van der Waals surface area contributed by atoms with E-state index < -0.39 is 17.9 Å². The molecule has 4 N–H and O–H groups in total. The second-order valence-electron chi connectivity index (χ2n) is 4.31. The number of carboxylic acid groups (broad SMARTS) is 1. The lowest BCUT2D eigenvalue weighted by atomic mass is 10.1. The van der Waals surface area contributed by atoms with E-state index in [-0.39, 0.29) is 22.8 Å². The van der Waals surface area contributed by atoms with Crippen LogP contribution in [0.1, 0.15) is 16.1 Å². The first kappa shape index (κ1) is 14.9. The Morgan fingerprint density at radius 1 is 1.43 bits per heavy atom. The number of aromatic amines is 1. The number of imidazole rings is 1. The van der Waals surface area contributed by atoms with Gasteiger partial charge in [0.05, 0.1) is 11.9 Å². The van der Waals surface area contributed by atoms with Gasteiger partial charge in [0.15, 0.2) is 0 Å². The smallest absolute Gasteiger partial charge is 0.326 e. The summed E-state index contributed by atoms with van der Waals surface area (Å²) in [6.07, 6.45) is 2.93. The fourth-order valence-corrected chi connectivity index (χ4v) is 1.91. The fraction of sp³-hybridized carbons (Fsp3) is 0.154.